The molecular weight excluding hydrogens is 465 g/mol. The first-order valence-corrected chi connectivity index (χ1v) is 12.0. The van der Waals surface area contributed by atoms with Gasteiger partial charge in [-0.2, -0.15) is 0 Å². The molecule has 1 fully saturated rings. The summed E-state index contributed by atoms with van der Waals surface area (Å²) in [5, 5.41) is 9.56. The third-order valence-corrected chi connectivity index (χ3v) is 7.91. The van der Waals surface area contributed by atoms with Gasteiger partial charge < -0.3 is 4.74 Å². The molecule has 2 unspecified atom stereocenters. The molecule has 0 bridgehead atoms. The molecule has 10 heteroatoms. The van der Waals surface area contributed by atoms with Crippen LogP contribution in [-0.2, 0) is 14.3 Å². The molecule has 1 aromatic heterocycles. The van der Waals surface area contributed by atoms with Crippen LogP contribution in [0.1, 0.15) is 18.0 Å². The number of hydrogen-bond donors (Lipinski definition) is 0. The van der Waals surface area contributed by atoms with E-state index in [0.29, 0.717) is 28.8 Å². The van der Waals surface area contributed by atoms with Crippen molar-refractivity contribution in [1.82, 2.24) is 15.1 Å². The van der Waals surface area contributed by atoms with E-state index >= 15 is 0 Å². The Labute approximate surface area is 192 Å². The summed E-state index contributed by atoms with van der Waals surface area (Å²) in [5.74, 6) is -0.384. The van der Waals surface area contributed by atoms with Gasteiger partial charge in [-0.3, -0.25) is 9.69 Å². The third-order valence-electron chi connectivity index (χ3n) is 4.61. The fraction of sp³-hybridized carbons (Fsp3) is 0.300. The Balaban J connectivity index is 1.76. The predicted octanol–water partition coefficient (Wildman–Crippen LogP) is 4.64. The molecule has 1 aliphatic heterocycles. The zero-order valence-corrected chi connectivity index (χ0v) is 19.2. The number of piperidine rings is 1. The number of carbonyl (C=O) groups excluding carboxylic acids is 2. The molecule has 3 rings (SSSR count). The summed E-state index contributed by atoms with van der Waals surface area (Å²) < 4.78 is 5.05. The number of carbonyl (C=O) groups is 2. The van der Waals surface area contributed by atoms with Gasteiger partial charge in [0.05, 0.1) is 7.11 Å². The lowest BCUT2D eigenvalue weighted by molar-refractivity contribution is -0.147. The summed E-state index contributed by atoms with van der Waals surface area (Å²) in [5.41, 5.74) is 1.62. The second-order valence-corrected chi connectivity index (χ2v) is 9.66. The normalized spacial score (nSPS) is 19.4. The van der Waals surface area contributed by atoms with Crippen LogP contribution in [0.4, 0.5) is 0 Å². The summed E-state index contributed by atoms with van der Waals surface area (Å²) in [6, 6.07) is 10.1. The number of benzene rings is 1. The fourth-order valence-corrected chi connectivity index (χ4v) is 6.00. The Hall–Kier alpha value is -1.58. The molecule has 0 N–H and O–H groups in total. The minimum Gasteiger partial charge on any atom is -0.468 e. The van der Waals surface area contributed by atoms with Gasteiger partial charge >= 0.3 is 5.97 Å². The van der Waals surface area contributed by atoms with Crippen molar-refractivity contribution in [1.29, 1.82) is 0 Å². The van der Waals surface area contributed by atoms with Crippen molar-refractivity contribution in [2.24, 2.45) is 0 Å². The van der Waals surface area contributed by atoms with Gasteiger partial charge in [0.2, 0.25) is 0 Å². The lowest BCUT2D eigenvalue weighted by Crippen LogP contribution is -2.42. The van der Waals surface area contributed by atoms with Gasteiger partial charge in [0, 0.05) is 23.4 Å². The third kappa shape index (κ3) is 5.76. The zero-order valence-electron chi connectivity index (χ0n) is 16.0. The van der Waals surface area contributed by atoms with E-state index in [0.717, 1.165) is 23.3 Å². The number of aromatic nitrogens is 2. The molecule has 2 aromatic rings. The van der Waals surface area contributed by atoms with Crippen molar-refractivity contribution in [2.45, 2.75) is 22.7 Å². The van der Waals surface area contributed by atoms with E-state index in [1.165, 1.54) is 17.9 Å². The van der Waals surface area contributed by atoms with Gasteiger partial charge in [-0.05, 0) is 52.6 Å². The van der Waals surface area contributed by atoms with Crippen LogP contribution in [0, 0.1) is 0 Å². The second kappa shape index (κ2) is 11.2. The van der Waals surface area contributed by atoms with Gasteiger partial charge in [-0.1, -0.05) is 52.2 Å². The van der Waals surface area contributed by atoms with E-state index in [9.17, 15) is 9.59 Å². The highest BCUT2D eigenvalue weighted by atomic mass is 35.5. The van der Waals surface area contributed by atoms with E-state index in [-0.39, 0.29) is 11.2 Å². The number of rotatable bonds is 7. The number of nitrogens with zero attached hydrogens (tertiary/aromatic N) is 3. The Morgan fingerprint density at radius 3 is 2.73 bits per heavy atom. The predicted molar refractivity (Wildman–Crippen MR) is 121 cm³/mol. The molecule has 2 atom stereocenters. The van der Waals surface area contributed by atoms with Crippen molar-refractivity contribution in [3.05, 3.63) is 63.8 Å². The minimum absolute atomic E-state index is 0.0958. The van der Waals surface area contributed by atoms with Crippen LogP contribution in [-0.4, -0.2) is 52.8 Å². The van der Waals surface area contributed by atoms with E-state index in [4.69, 9.17) is 27.9 Å². The highest BCUT2D eigenvalue weighted by Crippen LogP contribution is 2.41. The van der Waals surface area contributed by atoms with Crippen molar-refractivity contribution in [3.8, 4) is 0 Å². The van der Waals surface area contributed by atoms with Gasteiger partial charge in [-0.15, -0.1) is 10.2 Å². The highest BCUT2D eigenvalue weighted by Gasteiger charge is 2.35. The lowest BCUT2D eigenvalue weighted by Gasteiger charge is -2.37. The number of halogens is 2. The Bertz CT molecular complexity index is 928. The first-order chi connectivity index (χ1) is 14.5. The first kappa shape index (κ1) is 23.1. The molecule has 0 amide bonds. The average Bonchev–Trinajstić information content (AvgIpc) is 2.76. The number of hydrogen-bond acceptors (Lipinski definition) is 8. The lowest BCUT2D eigenvalue weighted by atomic mass is 9.98. The van der Waals surface area contributed by atoms with Gasteiger partial charge in [-0.25, -0.2) is 4.79 Å². The summed E-state index contributed by atoms with van der Waals surface area (Å²) in [6.45, 7) is 1.10. The minimum atomic E-state index is -0.639. The first-order valence-electron chi connectivity index (χ1n) is 9.06. The standard InChI is InChI=1S/C20H19Cl2N3O3S2/c1-28-20(27)19(14-4-2-3-5-15(14)21)25-10-8-16(13(12-25)9-11-26)29-30-18-7-6-17(22)23-24-18/h2-7,9,11,16,19H,8,10,12H2,1H3/b13-9-. The van der Waals surface area contributed by atoms with Crippen LogP contribution in [0.15, 0.2) is 53.1 Å². The highest BCUT2D eigenvalue weighted by molar-refractivity contribution is 8.77. The number of ether oxygens (including phenoxy) is 1. The molecule has 0 radical (unpaired) electrons. The number of allylic oxidation sites excluding steroid dienone is 1. The summed E-state index contributed by atoms with van der Waals surface area (Å²) >= 11 is 12.1. The average molecular weight is 484 g/mol. The van der Waals surface area contributed by atoms with E-state index in [1.54, 1.807) is 35.1 Å². The molecule has 2 heterocycles. The molecule has 0 spiro atoms. The number of likely N-dealkylation sites (tertiary alicyclic amines) is 1. The summed E-state index contributed by atoms with van der Waals surface area (Å²) in [7, 11) is 4.45. The fourth-order valence-electron chi connectivity index (χ4n) is 3.20. The smallest absolute Gasteiger partial charge is 0.327 e. The largest absolute Gasteiger partial charge is 0.468 e. The van der Waals surface area contributed by atoms with E-state index < -0.39 is 6.04 Å². The molecule has 158 valence electrons. The van der Waals surface area contributed by atoms with Gasteiger partial charge in [0.25, 0.3) is 0 Å². The molecule has 1 aromatic carbocycles. The van der Waals surface area contributed by atoms with E-state index in [2.05, 4.69) is 10.2 Å². The second-order valence-electron chi connectivity index (χ2n) is 6.45. The molecule has 1 saturated heterocycles. The Kier molecular flexibility index (Phi) is 8.59. The summed E-state index contributed by atoms with van der Waals surface area (Å²) in [6.07, 6.45) is 3.09. The number of methoxy groups -OCH3 is 1. The van der Waals surface area contributed by atoms with Crippen LogP contribution in [0.2, 0.25) is 10.2 Å². The molecule has 1 aliphatic rings. The van der Waals surface area contributed by atoms with Crippen LogP contribution in [0.5, 0.6) is 0 Å². The molecule has 30 heavy (non-hydrogen) atoms. The van der Waals surface area contributed by atoms with Crippen LogP contribution in [0.25, 0.3) is 0 Å². The van der Waals surface area contributed by atoms with Crippen LogP contribution in [0.3, 0.4) is 0 Å². The SMILES string of the molecule is COC(=O)C(c1ccccc1Cl)N1CCC(SSc2ccc(Cl)nn2)/C(=C\C=O)C1. The molecule has 6 nitrogen and oxygen atoms in total. The van der Waals surface area contributed by atoms with Gasteiger partial charge in [0.15, 0.2) is 5.15 Å². The quantitative estimate of drug-likeness (QED) is 0.244. The van der Waals surface area contributed by atoms with Crippen molar-refractivity contribution in [3.63, 3.8) is 0 Å². The maximum atomic E-state index is 12.6. The van der Waals surface area contributed by atoms with Crippen molar-refractivity contribution < 1.29 is 14.3 Å². The number of aldehydes is 1. The van der Waals surface area contributed by atoms with Crippen LogP contribution >= 0.6 is 44.8 Å². The Morgan fingerprint density at radius 1 is 1.27 bits per heavy atom. The maximum Gasteiger partial charge on any atom is 0.327 e. The maximum absolute atomic E-state index is 12.6. The van der Waals surface area contributed by atoms with Gasteiger partial charge in [0.1, 0.15) is 17.4 Å². The molecular formula is C20H19Cl2N3O3S2. The van der Waals surface area contributed by atoms with E-state index in [1.807, 2.05) is 23.1 Å². The van der Waals surface area contributed by atoms with Crippen LogP contribution < -0.4 is 0 Å². The monoisotopic (exact) mass is 483 g/mol. The van der Waals surface area contributed by atoms with Crippen molar-refractivity contribution >= 4 is 57.0 Å². The number of esters is 1. The van der Waals surface area contributed by atoms with Crippen molar-refractivity contribution in [2.75, 3.05) is 20.2 Å². The zero-order chi connectivity index (χ0) is 21.5. The summed E-state index contributed by atoms with van der Waals surface area (Å²) in [4.78, 5) is 25.9. The Morgan fingerprint density at radius 2 is 2.07 bits per heavy atom. The molecule has 0 saturated carbocycles. The topological polar surface area (TPSA) is 72.4 Å². The molecule has 0 aliphatic carbocycles.